The molecule has 0 saturated carbocycles. The minimum atomic E-state index is -3.79. The molecule has 2 heterocycles. The van der Waals surface area contributed by atoms with E-state index in [1.165, 1.54) is 87.3 Å². The Morgan fingerprint density at radius 3 is 1.76 bits per heavy atom. The molecule has 0 saturated heterocycles. The zero-order valence-corrected chi connectivity index (χ0v) is 44.0. The number of fused-ring (bicyclic) bond motifs is 2. The Morgan fingerprint density at radius 2 is 1.22 bits per heavy atom. The number of hydrogen-bond acceptors (Lipinski definition) is 9. The van der Waals surface area contributed by atoms with Gasteiger partial charge >= 0.3 is 0 Å². The quantitative estimate of drug-likeness (QED) is 0.0655. The number of halogens is 1. The van der Waals surface area contributed by atoms with Gasteiger partial charge in [-0.2, -0.15) is 0 Å². The number of nitrogens with one attached hydrogen (secondary N) is 3. The summed E-state index contributed by atoms with van der Waals surface area (Å²) in [5.74, 6) is 2.71. The van der Waals surface area contributed by atoms with E-state index in [4.69, 9.17) is 11.6 Å². The number of sulfonamides is 2. The second kappa shape index (κ2) is 24.7. The number of anilines is 3. The lowest BCUT2D eigenvalue weighted by Crippen LogP contribution is -2.35. The van der Waals surface area contributed by atoms with Gasteiger partial charge in [0.05, 0.1) is 22.0 Å². The summed E-state index contributed by atoms with van der Waals surface area (Å²) in [6, 6.07) is 23.5. The number of likely N-dealkylation sites (N-methyl/N-ethyl adjacent to an activating group) is 1. The number of amides is 2. The third kappa shape index (κ3) is 14.3. The van der Waals surface area contributed by atoms with Crippen molar-refractivity contribution in [1.82, 2.24) is 8.61 Å². The molecule has 2 atom stereocenters. The Bertz CT molecular complexity index is 2670. The number of nitrogens with zero attached hydrogens (tertiary/aromatic N) is 2. The van der Waals surface area contributed by atoms with Crippen LogP contribution in [0.4, 0.5) is 17.1 Å². The molecule has 67 heavy (non-hydrogen) atoms. The molecule has 362 valence electrons. The first kappa shape index (κ1) is 53.5. The predicted octanol–water partition coefficient (Wildman–Crippen LogP) is 12.5. The summed E-state index contributed by atoms with van der Waals surface area (Å²) in [7, 11) is -4.53. The van der Waals surface area contributed by atoms with E-state index in [1.807, 2.05) is 44.2 Å². The molecular formula is C51H66ClN5O6S4. The van der Waals surface area contributed by atoms with E-state index in [9.17, 15) is 26.4 Å². The average molecular weight is 1010 g/mol. The van der Waals surface area contributed by atoms with Crippen LogP contribution in [0.3, 0.4) is 0 Å². The van der Waals surface area contributed by atoms with Crippen molar-refractivity contribution in [1.29, 1.82) is 0 Å². The highest BCUT2D eigenvalue weighted by Crippen LogP contribution is 2.37. The minimum Gasteiger partial charge on any atom is -0.340 e. The number of unbranched alkanes of at least 4 members (excludes halogenated alkanes) is 2. The van der Waals surface area contributed by atoms with E-state index in [-0.39, 0.29) is 16.6 Å². The van der Waals surface area contributed by atoms with Gasteiger partial charge in [0.1, 0.15) is 10.7 Å². The SMILES string of the molecule is CCCCC(CC)CSc1ccc(C)cc1NC(=O)/C=C1/Cc2ccccc2S(=O)(=O)N1C.CCCCC(CC)CSc1ccc(C)cc1NC(=O)/C=C1/Nc2cc(Cl)ccc2S(=O)(=O)N1C. The largest absolute Gasteiger partial charge is 0.340 e. The fraction of sp³-hybridized carbons (Fsp3) is 0.412. The van der Waals surface area contributed by atoms with Gasteiger partial charge < -0.3 is 16.0 Å². The number of hydrogen-bond donors (Lipinski definition) is 3. The van der Waals surface area contributed by atoms with Crippen molar-refractivity contribution in [2.45, 2.75) is 119 Å². The summed E-state index contributed by atoms with van der Waals surface area (Å²) < 4.78 is 53.8. The zero-order chi connectivity index (χ0) is 48.9. The number of carbonyl (C=O) groups excluding carboxylic acids is 2. The molecule has 0 aliphatic carbocycles. The van der Waals surface area contributed by atoms with Crippen molar-refractivity contribution in [3.63, 3.8) is 0 Å². The van der Waals surface area contributed by atoms with Gasteiger partial charge in [-0.25, -0.2) is 16.8 Å². The minimum absolute atomic E-state index is 0.114. The second-order valence-electron chi connectivity index (χ2n) is 17.1. The van der Waals surface area contributed by atoms with Crippen LogP contribution >= 0.6 is 35.1 Å². The van der Waals surface area contributed by atoms with Gasteiger partial charge in [0, 0.05) is 64.7 Å². The topological polar surface area (TPSA) is 145 Å². The molecule has 3 N–H and O–H groups in total. The third-order valence-corrected chi connectivity index (χ3v) is 18.5. The maximum atomic E-state index is 12.9. The van der Waals surface area contributed by atoms with Crippen molar-refractivity contribution in [2.75, 3.05) is 41.6 Å². The highest BCUT2D eigenvalue weighted by atomic mass is 35.5. The van der Waals surface area contributed by atoms with Gasteiger partial charge in [0.15, 0.2) is 0 Å². The van der Waals surface area contributed by atoms with Crippen LogP contribution < -0.4 is 16.0 Å². The molecule has 2 aliphatic heterocycles. The van der Waals surface area contributed by atoms with Gasteiger partial charge in [-0.05, 0) is 104 Å². The average Bonchev–Trinajstić information content (AvgIpc) is 3.28. The summed E-state index contributed by atoms with van der Waals surface area (Å²) in [4.78, 5) is 28.3. The van der Waals surface area contributed by atoms with E-state index in [1.54, 1.807) is 41.7 Å². The van der Waals surface area contributed by atoms with Crippen molar-refractivity contribution in [3.8, 4) is 0 Å². The zero-order valence-electron chi connectivity index (χ0n) is 39.9. The smallest absolute Gasteiger partial charge is 0.267 e. The van der Waals surface area contributed by atoms with E-state index in [2.05, 4.69) is 55.8 Å². The highest BCUT2D eigenvalue weighted by Gasteiger charge is 2.33. The van der Waals surface area contributed by atoms with Crippen LogP contribution in [0.1, 0.15) is 95.8 Å². The van der Waals surface area contributed by atoms with Crippen LogP contribution in [0, 0.1) is 25.7 Å². The molecule has 2 unspecified atom stereocenters. The lowest BCUT2D eigenvalue weighted by Gasteiger charge is -2.30. The number of carbonyl (C=O) groups is 2. The molecule has 4 aromatic rings. The molecule has 0 bridgehead atoms. The van der Waals surface area contributed by atoms with E-state index < -0.39 is 26.0 Å². The normalized spacial score (nSPS) is 16.8. The molecule has 0 spiro atoms. The van der Waals surface area contributed by atoms with E-state index >= 15 is 0 Å². The maximum absolute atomic E-state index is 12.9. The number of thioether (sulfide) groups is 2. The summed E-state index contributed by atoms with van der Waals surface area (Å²) in [6.45, 7) is 12.9. The fourth-order valence-corrected chi connectivity index (χ4v) is 13.0. The summed E-state index contributed by atoms with van der Waals surface area (Å²) in [5, 5.41) is 9.35. The molecule has 2 amide bonds. The Hall–Kier alpha value is -4.41. The van der Waals surface area contributed by atoms with Gasteiger partial charge in [-0.1, -0.05) is 108 Å². The van der Waals surface area contributed by atoms with Crippen LogP contribution in [0.5, 0.6) is 0 Å². The molecule has 0 aromatic heterocycles. The Labute approximate surface area is 413 Å². The van der Waals surface area contributed by atoms with Crippen LogP contribution in [0.25, 0.3) is 0 Å². The molecule has 2 aliphatic rings. The summed E-state index contributed by atoms with van der Waals surface area (Å²) >= 11 is 9.56. The first-order valence-corrected chi connectivity index (χ1v) is 28.3. The van der Waals surface area contributed by atoms with Crippen LogP contribution in [0.2, 0.25) is 5.02 Å². The second-order valence-corrected chi connectivity index (χ2v) is 23.5. The Kier molecular flexibility index (Phi) is 19.8. The van der Waals surface area contributed by atoms with Crippen molar-refractivity contribution >= 4 is 84.0 Å². The number of benzene rings is 4. The lowest BCUT2D eigenvalue weighted by atomic mass is 10.0. The fourth-order valence-electron chi connectivity index (χ4n) is 7.66. The van der Waals surface area contributed by atoms with E-state index in [0.717, 1.165) is 60.9 Å². The van der Waals surface area contributed by atoms with Crippen molar-refractivity contribution < 1.29 is 26.4 Å². The van der Waals surface area contributed by atoms with Crippen LogP contribution in [-0.4, -0.2) is 62.9 Å². The Balaban J connectivity index is 0.000000251. The van der Waals surface area contributed by atoms with Crippen molar-refractivity contribution in [2.24, 2.45) is 11.8 Å². The lowest BCUT2D eigenvalue weighted by molar-refractivity contribution is -0.112. The number of allylic oxidation sites excluding steroid dienone is 1. The molecule has 11 nitrogen and oxygen atoms in total. The molecule has 4 aromatic carbocycles. The number of aryl methyl sites for hydroxylation is 2. The van der Waals surface area contributed by atoms with Gasteiger partial charge in [-0.3, -0.25) is 18.2 Å². The standard InChI is InChI=1S/C26H34N2O3S2.C25H32ClN3O3S2/c1-5-7-10-20(6-2)18-32-24-14-13-19(3)15-23(24)27-26(29)17-22-16-21-11-8-9-12-25(21)33(30,31)28(22)4;1-5-7-8-18(6-2)16-33-22-11-9-17(3)13-20(22)28-25(30)15-24-27-21-14-19(26)10-12-23(21)34(31,32)29(24)4/h8-9,11-15,17,20H,5-7,10,16,18H2,1-4H3,(H,27,29);9-15,18,27H,5-8,16H2,1-4H3,(H,28,30)/b22-17-;24-15-. The number of rotatable bonds is 18. The molecule has 6 rings (SSSR count). The third-order valence-electron chi connectivity index (χ3n) is 12.0. The van der Waals surface area contributed by atoms with Gasteiger partial charge in [0.2, 0.25) is 5.91 Å². The van der Waals surface area contributed by atoms with Crippen LogP contribution in [0.15, 0.2) is 122 Å². The van der Waals surface area contributed by atoms with Gasteiger partial charge in [0.25, 0.3) is 26.0 Å². The van der Waals surface area contributed by atoms with Crippen LogP contribution in [-0.2, 0) is 36.1 Å². The molecular weight excluding hydrogens is 942 g/mol. The first-order valence-electron chi connectivity index (χ1n) is 23.0. The Morgan fingerprint density at radius 1 is 0.701 bits per heavy atom. The summed E-state index contributed by atoms with van der Waals surface area (Å²) in [6.07, 6.45) is 12.6. The monoisotopic (exact) mass is 1010 g/mol. The van der Waals surface area contributed by atoms with Crippen molar-refractivity contribution in [3.05, 3.63) is 124 Å². The summed E-state index contributed by atoms with van der Waals surface area (Å²) in [5.41, 5.74) is 5.10. The highest BCUT2D eigenvalue weighted by molar-refractivity contribution is 7.99. The molecule has 0 radical (unpaired) electrons. The molecule has 0 fully saturated rings. The predicted molar refractivity (Wildman–Crippen MR) is 279 cm³/mol. The molecule has 16 heteroatoms. The van der Waals surface area contributed by atoms with E-state index in [0.29, 0.717) is 45.1 Å². The maximum Gasteiger partial charge on any atom is 0.267 e. The first-order chi connectivity index (χ1) is 31.9. The van der Waals surface area contributed by atoms with Gasteiger partial charge in [-0.15, -0.1) is 23.5 Å².